The fraction of sp³-hybridized carbons (Fsp3) is 0.591. The van der Waals surface area contributed by atoms with E-state index in [1.165, 1.54) is 0 Å². The van der Waals surface area contributed by atoms with Crippen molar-refractivity contribution in [2.75, 3.05) is 0 Å². The number of nitrogens with zero attached hydrogens (tertiary/aromatic N) is 1. The molecule has 0 aliphatic carbocycles. The highest BCUT2D eigenvalue weighted by Crippen LogP contribution is 2.19. The third kappa shape index (κ3) is 9.72. The van der Waals surface area contributed by atoms with Crippen molar-refractivity contribution in [2.45, 2.75) is 84.3 Å². The maximum absolute atomic E-state index is 12.3. The van der Waals surface area contributed by atoms with Crippen LogP contribution in [0.3, 0.4) is 0 Å². The average molecular weight is 484 g/mol. The molecule has 0 saturated carbocycles. The van der Waals surface area contributed by atoms with Crippen molar-refractivity contribution in [1.82, 2.24) is 4.98 Å². The van der Waals surface area contributed by atoms with Crippen LogP contribution in [0.2, 0.25) is 0 Å². The van der Waals surface area contributed by atoms with Crippen molar-refractivity contribution >= 4 is 39.2 Å². The highest BCUT2D eigenvalue weighted by molar-refractivity contribution is 9.11. The normalized spacial score (nSPS) is 25.7. The maximum atomic E-state index is 12.3. The summed E-state index contributed by atoms with van der Waals surface area (Å²) in [5.74, 6) is -0.372. The van der Waals surface area contributed by atoms with E-state index >= 15 is 0 Å². The van der Waals surface area contributed by atoms with Crippen LogP contribution in [0.25, 0.3) is 0 Å². The molecular formula is C22H30BrNO4S. The van der Waals surface area contributed by atoms with Crippen molar-refractivity contribution in [3.05, 3.63) is 38.3 Å². The van der Waals surface area contributed by atoms with E-state index in [2.05, 4.69) is 20.9 Å². The number of thiazole rings is 1. The third-order valence-electron chi connectivity index (χ3n) is 4.52. The molecule has 160 valence electrons. The summed E-state index contributed by atoms with van der Waals surface area (Å²) in [5.41, 5.74) is 2.13. The SMILES string of the molecule is C/C(Br)=C\[C@@H]1Cc2nc(cs2)CCCCC(=O)O[C@@H](C)C/C(C)=C/CCC(=O)O1. The first-order valence-corrected chi connectivity index (χ1v) is 11.8. The summed E-state index contributed by atoms with van der Waals surface area (Å²) in [6, 6.07) is 0. The summed E-state index contributed by atoms with van der Waals surface area (Å²) in [7, 11) is 0. The molecular weight excluding hydrogens is 454 g/mol. The lowest BCUT2D eigenvalue weighted by molar-refractivity contribution is -0.148. The quantitative estimate of drug-likeness (QED) is 0.380. The fourth-order valence-electron chi connectivity index (χ4n) is 3.22. The van der Waals surface area contributed by atoms with Gasteiger partial charge in [0.15, 0.2) is 0 Å². The molecule has 2 atom stereocenters. The standard InChI is InChI=1S/C22H30BrNO4S/c1-15-7-6-10-22(26)28-19(12-16(2)23)13-20-24-18(14-29-20)8-4-5-9-21(25)27-17(3)11-15/h7,12,14,17,19H,4-6,8-11,13H2,1-3H3/b15-7+,16-12+/t17-,19+/m0/s1. The predicted octanol–water partition coefficient (Wildman–Crippen LogP) is 5.67. The lowest BCUT2D eigenvalue weighted by Gasteiger charge is -2.14. The summed E-state index contributed by atoms with van der Waals surface area (Å²) in [4.78, 5) is 29.0. The summed E-state index contributed by atoms with van der Waals surface area (Å²) in [6.07, 6.45) is 8.56. The first kappa shape index (κ1) is 23.8. The highest BCUT2D eigenvalue weighted by Gasteiger charge is 2.16. The molecule has 5 nitrogen and oxygen atoms in total. The van der Waals surface area contributed by atoms with E-state index in [0.29, 0.717) is 32.1 Å². The van der Waals surface area contributed by atoms with Gasteiger partial charge >= 0.3 is 11.9 Å². The Balaban J connectivity index is 2.10. The number of allylic oxidation sites excluding steroid dienone is 2. The van der Waals surface area contributed by atoms with E-state index in [4.69, 9.17) is 9.47 Å². The number of hydrogen-bond donors (Lipinski definition) is 0. The van der Waals surface area contributed by atoms with Gasteiger partial charge < -0.3 is 9.47 Å². The Morgan fingerprint density at radius 2 is 1.90 bits per heavy atom. The van der Waals surface area contributed by atoms with Gasteiger partial charge in [-0.2, -0.15) is 0 Å². The molecule has 2 rings (SSSR count). The van der Waals surface area contributed by atoms with Crippen molar-refractivity contribution < 1.29 is 19.1 Å². The van der Waals surface area contributed by atoms with Crippen molar-refractivity contribution in [1.29, 1.82) is 0 Å². The number of aromatic nitrogens is 1. The third-order valence-corrected chi connectivity index (χ3v) is 5.70. The van der Waals surface area contributed by atoms with Crippen LogP contribution in [0, 0.1) is 0 Å². The summed E-state index contributed by atoms with van der Waals surface area (Å²) in [6.45, 7) is 5.83. The van der Waals surface area contributed by atoms with Gasteiger partial charge in [0.2, 0.25) is 0 Å². The van der Waals surface area contributed by atoms with E-state index < -0.39 is 0 Å². The number of hydrogen-bond acceptors (Lipinski definition) is 6. The fourth-order valence-corrected chi connectivity index (χ4v) is 4.39. The van der Waals surface area contributed by atoms with E-state index in [-0.39, 0.29) is 24.1 Å². The van der Waals surface area contributed by atoms with Crippen molar-refractivity contribution in [3.8, 4) is 0 Å². The molecule has 2 heterocycles. The minimum Gasteiger partial charge on any atom is -0.462 e. The lowest BCUT2D eigenvalue weighted by Crippen LogP contribution is -2.18. The van der Waals surface area contributed by atoms with Crippen LogP contribution in [0.1, 0.15) is 70.0 Å². The molecule has 2 bridgehead atoms. The second-order valence-corrected chi connectivity index (χ2v) is 9.71. The number of aryl methyl sites for hydroxylation is 1. The monoisotopic (exact) mass is 483 g/mol. The molecule has 29 heavy (non-hydrogen) atoms. The molecule has 0 unspecified atom stereocenters. The van der Waals surface area contributed by atoms with Gasteiger partial charge in [0.25, 0.3) is 0 Å². The molecule has 0 saturated heterocycles. The molecule has 0 radical (unpaired) electrons. The number of carbonyl (C=O) groups is 2. The number of carbonyl (C=O) groups excluding carboxylic acids is 2. The zero-order valence-corrected chi connectivity index (χ0v) is 19.8. The topological polar surface area (TPSA) is 65.5 Å². The van der Waals surface area contributed by atoms with Crippen LogP contribution in [0.5, 0.6) is 0 Å². The second-order valence-electron chi connectivity index (χ2n) is 7.52. The first-order chi connectivity index (χ1) is 13.8. The van der Waals surface area contributed by atoms with Gasteiger partial charge in [-0.1, -0.05) is 27.6 Å². The Labute approximate surface area is 185 Å². The Kier molecular flexibility index (Phi) is 10.1. The highest BCUT2D eigenvalue weighted by atomic mass is 79.9. The molecule has 1 aromatic rings. The molecule has 0 amide bonds. The smallest absolute Gasteiger partial charge is 0.306 e. The Morgan fingerprint density at radius 3 is 2.66 bits per heavy atom. The van der Waals surface area contributed by atoms with Crippen molar-refractivity contribution in [2.24, 2.45) is 0 Å². The molecule has 1 aliphatic heterocycles. The van der Waals surface area contributed by atoms with Crippen LogP contribution < -0.4 is 0 Å². The van der Waals surface area contributed by atoms with E-state index in [9.17, 15) is 9.59 Å². The zero-order valence-electron chi connectivity index (χ0n) is 17.4. The van der Waals surface area contributed by atoms with Gasteiger partial charge in [-0.25, -0.2) is 4.98 Å². The molecule has 1 aliphatic rings. The molecule has 0 N–H and O–H groups in total. The van der Waals surface area contributed by atoms with Crippen LogP contribution >= 0.6 is 27.3 Å². The molecule has 0 spiro atoms. The Morgan fingerprint density at radius 1 is 1.17 bits per heavy atom. The zero-order chi connectivity index (χ0) is 21.2. The Bertz CT molecular complexity index is 752. The number of ether oxygens (including phenoxy) is 2. The summed E-state index contributed by atoms with van der Waals surface area (Å²) >= 11 is 5.02. The molecule has 0 fully saturated rings. The first-order valence-electron chi connectivity index (χ1n) is 10.1. The molecule has 0 aromatic carbocycles. The van der Waals surface area contributed by atoms with Gasteiger partial charge in [-0.15, -0.1) is 11.3 Å². The van der Waals surface area contributed by atoms with E-state index in [1.54, 1.807) is 11.3 Å². The Hall–Kier alpha value is -1.47. The largest absolute Gasteiger partial charge is 0.462 e. The molecule has 7 heteroatoms. The number of fused-ring (bicyclic) bond motifs is 2. The van der Waals surface area contributed by atoms with Crippen LogP contribution in [-0.2, 0) is 31.9 Å². The van der Waals surface area contributed by atoms with E-state index in [1.807, 2.05) is 38.3 Å². The number of esters is 2. The number of halogens is 1. The van der Waals surface area contributed by atoms with E-state index in [0.717, 1.165) is 40.0 Å². The predicted molar refractivity (Wildman–Crippen MR) is 119 cm³/mol. The van der Waals surface area contributed by atoms with Gasteiger partial charge in [0, 0.05) is 31.1 Å². The summed E-state index contributed by atoms with van der Waals surface area (Å²) < 4.78 is 12.1. The lowest BCUT2D eigenvalue weighted by atomic mass is 10.1. The van der Waals surface area contributed by atoms with Gasteiger partial charge in [0.1, 0.15) is 12.2 Å². The van der Waals surface area contributed by atoms with Gasteiger partial charge in [-0.3, -0.25) is 9.59 Å². The van der Waals surface area contributed by atoms with Crippen LogP contribution in [0.4, 0.5) is 0 Å². The number of rotatable bonds is 1. The van der Waals surface area contributed by atoms with Crippen LogP contribution in [-0.4, -0.2) is 29.1 Å². The van der Waals surface area contributed by atoms with Gasteiger partial charge in [-0.05, 0) is 57.0 Å². The minimum absolute atomic E-state index is 0.148. The van der Waals surface area contributed by atoms with Crippen molar-refractivity contribution in [3.63, 3.8) is 0 Å². The average Bonchev–Trinajstić information content (AvgIpc) is 3.04. The minimum atomic E-state index is -0.334. The van der Waals surface area contributed by atoms with Gasteiger partial charge in [0.05, 0.1) is 10.7 Å². The van der Waals surface area contributed by atoms with Crippen LogP contribution in [0.15, 0.2) is 27.6 Å². The second kappa shape index (κ2) is 12.3. The maximum Gasteiger partial charge on any atom is 0.306 e. The number of cyclic esters (lactones) is 2. The summed E-state index contributed by atoms with van der Waals surface area (Å²) in [5, 5.41) is 3.00. The molecule has 1 aromatic heterocycles.